The smallest absolute Gasteiger partial charge is 0.101 e. The van der Waals surface area contributed by atoms with Gasteiger partial charge in [-0.1, -0.05) is 30.8 Å². The lowest BCUT2D eigenvalue weighted by Gasteiger charge is -2.14. The molecule has 3 heteroatoms. The van der Waals surface area contributed by atoms with Crippen LogP contribution in [0.4, 0.5) is 0 Å². The van der Waals surface area contributed by atoms with E-state index in [2.05, 4.69) is 68.3 Å². The fourth-order valence-corrected chi connectivity index (χ4v) is 3.17. The summed E-state index contributed by atoms with van der Waals surface area (Å²) in [5.41, 5.74) is 3.89. The first-order valence-electron chi connectivity index (χ1n) is 7.54. The Morgan fingerprint density at radius 3 is 2.76 bits per heavy atom. The molecule has 1 aromatic heterocycles. The van der Waals surface area contributed by atoms with Gasteiger partial charge in [-0.15, -0.1) is 0 Å². The second-order valence-electron chi connectivity index (χ2n) is 5.47. The molecule has 21 heavy (non-hydrogen) atoms. The van der Waals surface area contributed by atoms with Gasteiger partial charge in [0.2, 0.25) is 0 Å². The average molecular weight is 300 g/mol. The van der Waals surface area contributed by atoms with E-state index in [4.69, 9.17) is 0 Å². The van der Waals surface area contributed by atoms with Crippen LogP contribution in [0.15, 0.2) is 46.5 Å². The van der Waals surface area contributed by atoms with Crippen LogP contribution >= 0.6 is 11.8 Å². The molecular weight excluding hydrogens is 276 g/mol. The molecule has 0 spiro atoms. The molecule has 1 N–H and O–H groups in total. The van der Waals surface area contributed by atoms with Crippen molar-refractivity contribution in [2.75, 3.05) is 6.54 Å². The van der Waals surface area contributed by atoms with Gasteiger partial charge in [0.1, 0.15) is 5.03 Å². The molecule has 0 saturated carbocycles. The van der Waals surface area contributed by atoms with E-state index < -0.39 is 0 Å². The van der Waals surface area contributed by atoms with Crippen molar-refractivity contribution in [3.63, 3.8) is 0 Å². The number of benzene rings is 1. The van der Waals surface area contributed by atoms with Crippen LogP contribution in [0.5, 0.6) is 0 Å². The third kappa shape index (κ3) is 4.58. The van der Waals surface area contributed by atoms with Gasteiger partial charge in [-0.2, -0.15) is 0 Å². The van der Waals surface area contributed by atoms with Crippen LogP contribution in [0.1, 0.15) is 43.0 Å². The average Bonchev–Trinajstić information content (AvgIpc) is 2.49. The lowest BCUT2D eigenvalue weighted by Crippen LogP contribution is -2.19. The Hall–Kier alpha value is -1.32. The molecule has 0 saturated heterocycles. The third-order valence-electron chi connectivity index (χ3n) is 3.52. The van der Waals surface area contributed by atoms with Crippen molar-refractivity contribution in [2.24, 2.45) is 0 Å². The van der Waals surface area contributed by atoms with Crippen molar-refractivity contribution >= 4 is 11.8 Å². The Bertz CT molecular complexity index is 596. The molecular formula is C18H24N2S. The largest absolute Gasteiger partial charge is 0.310 e. The summed E-state index contributed by atoms with van der Waals surface area (Å²) in [5, 5.41) is 4.58. The number of nitrogens with zero attached hydrogens (tertiary/aromatic N) is 1. The minimum absolute atomic E-state index is 0.367. The number of rotatable bonds is 6. The second-order valence-corrected chi connectivity index (χ2v) is 6.54. The first-order chi connectivity index (χ1) is 10.1. The Kier molecular flexibility index (Phi) is 5.83. The minimum Gasteiger partial charge on any atom is -0.310 e. The number of hydrogen-bond acceptors (Lipinski definition) is 3. The van der Waals surface area contributed by atoms with Gasteiger partial charge >= 0.3 is 0 Å². The molecule has 0 bridgehead atoms. The highest BCUT2D eigenvalue weighted by Gasteiger charge is 2.08. The lowest BCUT2D eigenvalue weighted by atomic mass is 10.1. The van der Waals surface area contributed by atoms with Crippen LogP contribution in [0.2, 0.25) is 0 Å². The summed E-state index contributed by atoms with van der Waals surface area (Å²) in [6.07, 6.45) is 3.06. The Balaban J connectivity index is 2.15. The van der Waals surface area contributed by atoms with Crippen molar-refractivity contribution in [2.45, 2.75) is 50.1 Å². The maximum atomic E-state index is 4.50. The number of hydrogen-bond donors (Lipinski definition) is 1. The van der Waals surface area contributed by atoms with E-state index in [1.165, 1.54) is 21.6 Å². The van der Waals surface area contributed by atoms with Crippen LogP contribution in [0.3, 0.4) is 0 Å². The van der Waals surface area contributed by atoms with E-state index in [9.17, 15) is 0 Å². The van der Waals surface area contributed by atoms with Gasteiger partial charge < -0.3 is 5.32 Å². The molecule has 1 heterocycles. The molecule has 2 nitrogen and oxygen atoms in total. The van der Waals surface area contributed by atoms with Crippen LogP contribution in [-0.4, -0.2) is 11.5 Å². The standard InChI is InChI=1S/C18H24N2S/c1-5-9-19-15(4)16-8-10-20-18(12-16)21-17-11-13(2)6-7-14(17)3/h6-8,10-12,15,19H,5,9H2,1-4H3. The van der Waals surface area contributed by atoms with Crippen molar-refractivity contribution in [1.82, 2.24) is 10.3 Å². The van der Waals surface area contributed by atoms with Crippen molar-refractivity contribution in [3.05, 3.63) is 53.2 Å². The zero-order valence-electron chi connectivity index (χ0n) is 13.3. The van der Waals surface area contributed by atoms with Crippen LogP contribution < -0.4 is 5.32 Å². The molecule has 1 unspecified atom stereocenters. The molecule has 0 radical (unpaired) electrons. The summed E-state index contributed by atoms with van der Waals surface area (Å²) < 4.78 is 0. The third-order valence-corrected chi connectivity index (χ3v) is 4.61. The molecule has 112 valence electrons. The highest BCUT2D eigenvalue weighted by molar-refractivity contribution is 7.99. The van der Waals surface area contributed by atoms with Crippen LogP contribution in [0, 0.1) is 13.8 Å². The van der Waals surface area contributed by atoms with Gasteiger partial charge in [0.05, 0.1) is 0 Å². The molecule has 2 aromatic rings. The van der Waals surface area contributed by atoms with E-state index >= 15 is 0 Å². The van der Waals surface area contributed by atoms with Gasteiger partial charge in [-0.3, -0.25) is 0 Å². The molecule has 0 aliphatic heterocycles. The van der Waals surface area contributed by atoms with E-state index in [1.807, 2.05) is 6.20 Å². The maximum Gasteiger partial charge on any atom is 0.101 e. The molecule has 1 aromatic carbocycles. The minimum atomic E-state index is 0.367. The van der Waals surface area contributed by atoms with Crippen LogP contribution in [0.25, 0.3) is 0 Å². The highest BCUT2D eigenvalue weighted by Crippen LogP contribution is 2.30. The van der Waals surface area contributed by atoms with E-state index in [0.717, 1.165) is 18.0 Å². The number of aromatic nitrogens is 1. The lowest BCUT2D eigenvalue weighted by molar-refractivity contribution is 0.569. The zero-order valence-corrected chi connectivity index (χ0v) is 14.1. The van der Waals surface area contributed by atoms with Crippen molar-refractivity contribution < 1.29 is 0 Å². The maximum absolute atomic E-state index is 4.50. The van der Waals surface area contributed by atoms with Crippen molar-refractivity contribution in [1.29, 1.82) is 0 Å². The first-order valence-corrected chi connectivity index (χ1v) is 8.36. The van der Waals surface area contributed by atoms with E-state index in [1.54, 1.807) is 11.8 Å². The number of aryl methyl sites for hydroxylation is 2. The Morgan fingerprint density at radius 1 is 1.19 bits per heavy atom. The number of nitrogens with one attached hydrogen (secondary N) is 1. The second kappa shape index (κ2) is 7.62. The monoisotopic (exact) mass is 300 g/mol. The molecule has 0 aliphatic carbocycles. The SMILES string of the molecule is CCCNC(C)c1ccnc(Sc2cc(C)ccc2C)c1. The molecule has 0 amide bonds. The van der Waals surface area contributed by atoms with Gasteiger partial charge in [0.25, 0.3) is 0 Å². The van der Waals surface area contributed by atoms with Gasteiger partial charge in [-0.05, 0) is 68.6 Å². The van der Waals surface area contributed by atoms with Crippen molar-refractivity contribution in [3.8, 4) is 0 Å². The summed E-state index contributed by atoms with van der Waals surface area (Å²) in [6, 6.07) is 11.2. The summed E-state index contributed by atoms with van der Waals surface area (Å²) in [7, 11) is 0. The quantitative estimate of drug-likeness (QED) is 0.820. The van der Waals surface area contributed by atoms with Gasteiger partial charge in [0, 0.05) is 17.1 Å². The highest BCUT2D eigenvalue weighted by atomic mass is 32.2. The van der Waals surface area contributed by atoms with Crippen LogP contribution in [-0.2, 0) is 0 Å². The van der Waals surface area contributed by atoms with Gasteiger partial charge in [0.15, 0.2) is 0 Å². The first kappa shape index (κ1) is 16.1. The Morgan fingerprint density at radius 2 is 2.00 bits per heavy atom. The molecule has 0 fully saturated rings. The number of pyridine rings is 1. The predicted molar refractivity (Wildman–Crippen MR) is 91.0 cm³/mol. The normalized spacial score (nSPS) is 12.4. The summed E-state index contributed by atoms with van der Waals surface area (Å²) >= 11 is 1.74. The summed E-state index contributed by atoms with van der Waals surface area (Å²) in [5.74, 6) is 0. The fourth-order valence-electron chi connectivity index (χ4n) is 2.16. The van der Waals surface area contributed by atoms with Gasteiger partial charge in [-0.25, -0.2) is 4.98 Å². The fraction of sp³-hybridized carbons (Fsp3) is 0.389. The molecule has 2 rings (SSSR count). The zero-order chi connectivity index (χ0) is 15.2. The molecule has 0 aliphatic rings. The molecule has 1 atom stereocenters. The van der Waals surface area contributed by atoms with E-state index in [0.29, 0.717) is 6.04 Å². The topological polar surface area (TPSA) is 24.9 Å². The predicted octanol–water partition coefficient (Wildman–Crippen LogP) is 4.91. The van der Waals surface area contributed by atoms with E-state index in [-0.39, 0.29) is 0 Å². The Labute approximate surface area is 132 Å². The summed E-state index contributed by atoms with van der Waals surface area (Å²) in [4.78, 5) is 5.79. The summed E-state index contributed by atoms with van der Waals surface area (Å²) in [6.45, 7) is 9.72.